The van der Waals surface area contributed by atoms with E-state index in [9.17, 15) is 19.5 Å². The number of fused-ring (bicyclic) bond motifs is 1. The van der Waals surface area contributed by atoms with Gasteiger partial charge in [0, 0.05) is 5.92 Å². The highest BCUT2D eigenvalue weighted by molar-refractivity contribution is 6.11. The lowest BCUT2D eigenvalue weighted by Crippen LogP contribution is -2.65. The van der Waals surface area contributed by atoms with Gasteiger partial charge >= 0.3 is 5.97 Å². The van der Waals surface area contributed by atoms with Crippen molar-refractivity contribution >= 4 is 17.7 Å². The lowest BCUT2D eigenvalue weighted by molar-refractivity contribution is -0.171. The maximum Gasteiger partial charge on any atom is 0.334 e. The summed E-state index contributed by atoms with van der Waals surface area (Å²) in [7, 11) is 0. The number of aliphatic hydroxyl groups excluding tert-OH is 1. The van der Waals surface area contributed by atoms with Gasteiger partial charge < -0.3 is 15.1 Å². The van der Waals surface area contributed by atoms with Gasteiger partial charge in [-0.05, 0) is 6.92 Å². The maximum atomic E-state index is 11.7. The second kappa shape index (κ2) is 3.28. The first-order valence-electron chi connectivity index (χ1n) is 5.14. The first-order chi connectivity index (χ1) is 7.37. The number of amides is 1. The molecular weight excluding hydrogens is 214 g/mol. The fraction of sp³-hybridized carbons (Fsp3) is 0.700. The molecule has 5 unspecified atom stereocenters. The zero-order chi connectivity index (χ0) is 12.2. The minimum absolute atomic E-state index is 0.440. The van der Waals surface area contributed by atoms with Crippen molar-refractivity contribution in [2.75, 3.05) is 0 Å². The highest BCUT2D eigenvalue weighted by Gasteiger charge is 2.64. The molecule has 16 heavy (non-hydrogen) atoms. The number of ketones is 1. The highest BCUT2D eigenvalue weighted by atomic mass is 16.4. The number of Topliss-reactive ketones (excluding diaryl/α,β-unsaturated/α-hetero) is 1. The van der Waals surface area contributed by atoms with Gasteiger partial charge in [0.2, 0.25) is 5.91 Å². The van der Waals surface area contributed by atoms with Crippen LogP contribution >= 0.6 is 0 Å². The number of hydrogen-bond acceptors (Lipinski definition) is 4. The third-order valence-corrected chi connectivity index (χ3v) is 3.49. The van der Waals surface area contributed by atoms with Gasteiger partial charge in [-0.3, -0.25) is 9.59 Å². The van der Waals surface area contributed by atoms with E-state index in [-0.39, 0.29) is 0 Å². The first-order valence-corrected chi connectivity index (χ1v) is 5.14. The number of aliphatic hydroxyl groups is 1. The summed E-state index contributed by atoms with van der Waals surface area (Å²) in [5.74, 6) is -3.34. The predicted molar refractivity (Wildman–Crippen MR) is 51.4 cm³/mol. The van der Waals surface area contributed by atoms with Gasteiger partial charge in [0.15, 0.2) is 11.8 Å². The second-order valence-electron chi connectivity index (χ2n) is 4.43. The molecule has 0 aliphatic carbocycles. The lowest BCUT2D eigenvalue weighted by Gasteiger charge is -2.46. The van der Waals surface area contributed by atoms with Crippen molar-refractivity contribution in [1.29, 1.82) is 0 Å². The monoisotopic (exact) mass is 227 g/mol. The maximum absolute atomic E-state index is 11.7. The Kier molecular flexibility index (Phi) is 2.27. The summed E-state index contributed by atoms with van der Waals surface area (Å²) in [4.78, 5) is 35.3. The van der Waals surface area contributed by atoms with E-state index in [4.69, 9.17) is 5.11 Å². The van der Waals surface area contributed by atoms with E-state index in [1.807, 2.05) is 0 Å². The Balaban J connectivity index is 2.32. The van der Waals surface area contributed by atoms with Crippen LogP contribution in [0.5, 0.6) is 0 Å². The normalized spacial score (nSPS) is 39.3. The molecule has 2 aliphatic heterocycles. The van der Waals surface area contributed by atoms with Crippen molar-refractivity contribution in [3.05, 3.63) is 0 Å². The van der Waals surface area contributed by atoms with E-state index >= 15 is 0 Å². The Labute approximate surface area is 91.8 Å². The van der Waals surface area contributed by atoms with Gasteiger partial charge in [0.1, 0.15) is 0 Å². The molecule has 88 valence electrons. The zero-order valence-corrected chi connectivity index (χ0v) is 8.95. The first kappa shape index (κ1) is 11.1. The third kappa shape index (κ3) is 1.13. The minimum Gasteiger partial charge on any atom is -0.479 e. The molecule has 0 radical (unpaired) electrons. The molecule has 0 saturated carbocycles. The third-order valence-electron chi connectivity index (χ3n) is 3.49. The highest BCUT2D eigenvalue weighted by Crippen LogP contribution is 2.42. The minimum atomic E-state index is -1.36. The van der Waals surface area contributed by atoms with Crippen LogP contribution in [-0.2, 0) is 14.4 Å². The molecule has 1 amide bonds. The molecule has 2 fully saturated rings. The Hall–Kier alpha value is -1.43. The van der Waals surface area contributed by atoms with Crippen molar-refractivity contribution < 1.29 is 24.6 Å². The Morgan fingerprint density at radius 1 is 1.44 bits per heavy atom. The Morgan fingerprint density at radius 2 is 2.00 bits per heavy atom. The SMILES string of the molecule is CC(O)C1C(=O)N2C(C(=O)O)C(=O)C(C)C12. The van der Waals surface area contributed by atoms with Crippen LogP contribution in [0.25, 0.3) is 0 Å². The van der Waals surface area contributed by atoms with Crippen LogP contribution in [0.4, 0.5) is 0 Å². The second-order valence-corrected chi connectivity index (χ2v) is 4.43. The summed E-state index contributed by atoms with van der Waals surface area (Å²) in [6.07, 6.45) is -0.850. The average Bonchev–Trinajstić information content (AvgIpc) is 2.38. The summed E-state index contributed by atoms with van der Waals surface area (Å²) in [6, 6.07) is -1.82. The molecule has 2 N–H and O–H groups in total. The molecule has 6 nitrogen and oxygen atoms in total. The molecule has 0 aromatic rings. The van der Waals surface area contributed by atoms with Crippen LogP contribution in [0, 0.1) is 11.8 Å². The summed E-state index contributed by atoms with van der Waals surface area (Å²) >= 11 is 0. The largest absolute Gasteiger partial charge is 0.479 e. The molecule has 0 aromatic heterocycles. The van der Waals surface area contributed by atoms with Crippen LogP contribution in [-0.4, -0.2) is 51.0 Å². The molecule has 5 atom stereocenters. The van der Waals surface area contributed by atoms with Crippen molar-refractivity contribution in [2.45, 2.75) is 32.0 Å². The quantitative estimate of drug-likeness (QED) is 0.459. The molecule has 2 aliphatic rings. The fourth-order valence-corrected chi connectivity index (χ4v) is 2.69. The Morgan fingerprint density at radius 3 is 2.44 bits per heavy atom. The fourth-order valence-electron chi connectivity index (χ4n) is 2.69. The van der Waals surface area contributed by atoms with E-state index in [1.165, 1.54) is 6.92 Å². The number of aliphatic carboxylic acids is 1. The lowest BCUT2D eigenvalue weighted by atomic mass is 9.79. The van der Waals surface area contributed by atoms with Crippen LogP contribution in [0.2, 0.25) is 0 Å². The van der Waals surface area contributed by atoms with E-state index < -0.39 is 47.7 Å². The molecule has 2 heterocycles. The molecule has 0 spiro atoms. The van der Waals surface area contributed by atoms with Crippen molar-refractivity contribution in [1.82, 2.24) is 4.90 Å². The summed E-state index contributed by atoms with van der Waals surface area (Å²) < 4.78 is 0. The average molecular weight is 227 g/mol. The molecule has 0 aromatic carbocycles. The molecular formula is C10H13NO5. The Bertz CT molecular complexity index is 377. The van der Waals surface area contributed by atoms with Gasteiger partial charge in [0.25, 0.3) is 0 Å². The number of carboxylic acid groups (broad SMARTS) is 1. The molecule has 0 bridgehead atoms. The molecule has 2 rings (SSSR count). The predicted octanol–water partition coefficient (Wildman–Crippen LogP) is -1.13. The van der Waals surface area contributed by atoms with Crippen molar-refractivity contribution in [2.24, 2.45) is 11.8 Å². The number of carboxylic acids is 1. The van der Waals surface area contributed by atoms with E-state index in [0.29, 0.717) is 0 Å². The number of carbonyl (C=O) groups is 3. The van der Waals surface area contributed by atoms with Crippen LogP contribution < -0.4 is 0 Å². The number of rotatable bonds is 2. The summed E-state index contributed by atoms with van der Waals surface area (Å²) in [6.45, 7) is 3.08. The number of β-lactam (4-membered cyclic amide) rings is 1. The van der Waals surface area contributed by atoms with E-state index in [2.05, 4.69) is 0 Å². The standard InChI is InChI=1S/C10H13NO5/c1-3-6-5(4(2)12)9(14)11(6)7(8(3)13)10(15)16/h3-7,12H,1-2H3,(H,15,16). The van der Waals surface area contributed by atoms with E-state index in [0.717, 1.165) is 4.90 Å². The van der Waals surface area contributed by atoms with Crippen LogP contribution in [0.3, 0.4) is 0 Å². The summed E-state index contributed by atoms with van der Waals surface area (Å²) in [5, 5.41) is 18.3. The topological polar surface area (TPSA) is 94.9 Å². The summed E-state index contributed by atoms with van der Waals surface area (Å²) in [5.41, 5.74) is 0. The molecule has 6 heteroatoms. The zero-order valence-electron chi connectivity index (χ0n) is 8.95. The number of nitrogens with zero attached hydrogens (tertiary/aromatic N) is 1. The van der Waals surface area contributed by atoms with Gasteiger partial charge in [0.05, 0.1) is 18.1 Å². The van der Waals surface area contributed by atoms with Crippen molar-refractivity contribution in [3.63, 3.8) is 0 Å². The van der Waals surface area contributed by atoms with Gasteiger partial charge in [-0.15, -0.1) is 0 Å². The van der Waals surface area contributed by atoms with E-state index in [1.54, 1.807) is 6.92 Å². The smallest absolute Gasteiger partial charge is 0.334 e. The van der Waals surface area contributed by atoms with Gasteiger partial charge in [-0.1, -0.05) is 6.92 Å². The van der Waals surface area contributed by atoms with Gasteiger partial charge in [-0.2, -0.15) is 0 Å². The van der Waals surface area contributed by atoms with Gasteiger partial charge in [-0.25, -0.2) is 4.79 Å². The molecule has 2 saturated heterocycles. The van der Waals surface area contributed by atoms with Crippen LogP contribution in [0.1, 0.15) is 13.8 Å². The number of carbonyl (C=O) groups excluding carboxylic acids is 2. The number of hydrogen-bond donors (Lipinski definition) is 2. The van der Waals surface area contributed by atoms with Crippen molar-refractivity contribution in [3.8, 4) is 0 Å². The van der Waals surface area contributed by atoms with Crippen LogP contribution in [0.15, 0.2) is 0 Å².